The molecule has 0 saturated heterocycles. The lowest BCUT2D eigenvalue weighted by atomic mass is 9.93. The van der Waals surface area contributed by atoms with Crippen LogP contribution in [0.1, 0.15) is 18.1 Å². The zero-order chi connectivity index (χ0) is 16.5. The zero-order valence-corrected chi connectivity index (χ0v) is 11.5. The van der Waals surface area contributed by atoms with Crippen molar-refractivity contribution in [1.29, 1.82) is 0 Å². The standard InChI is InChI=1S/C15H12F3NO3/c1-2-9-7-10(19(21)22)3-5-12(9)13-6-4-11(20)8-14(13)15(16,17)18/h3-8,20H,2H2,1H3. The number of alkyl halides is 3. The van der Waals surface area contributed by atoms with Crippen LogP contribution in [-0.4, -0.2) is 10.0 Å². The summed E-state index contributed by atoms with van der Waals surface area (Å²) in [6, 6.07) is 6.71. The number of nitro benzene ring substituents is 1. The van der Waals surface area contributed by atoms with E-state index in [0.29, 0.717) is 18.1 Å². The van der Waals surface area contributed by atoms with Crippen LogP contribution in [0.3, 0.4) is 0 Å². The molecule has 0 radical (unpaired) electrons. The Labute approximate surface area is 124 Å². The molecule has 0 aromatic heterocycles. The molecule has 0 unspecified atom stereocenters. The molecule has 0 aliphatic heterocycles. The van der Waals surface area contributed by atoms with E-state index in [9.17, 15) is 28.4 Å². The molecule has 0 heterocycles. The highest BCUT2D eigenvalue weighted by Crippen LogP contribution is 2.40. The minimum absolute atomic E-state index is 0.114. The van der Waals surface area contributed by atoms with E-state index in [1.54, 1.807) is 6.92 Å². The summed E-state index contributed by atoms with van der Waals surface area (Å²) in [6.07, 6.45) is -4.30. The van der Waals surface area contributed by atoms with Crippen molar-refractivity contribution in [3.8, 4) is 16.9 Å². The molecule has 0 fully saturated rings. The Morgan fingerprint density at radius 2 is 1.77 bits per heavy atom. The van der Waals surface area contributed by atoms with Gasteiger partial charge in [-0.3, -0.25) is 10.1 Å². The summed E-state index contributed by atoms with van der Waals surface area (Å²) < 4.78 is 39.4. The fourth-order valence-electron chi connectivity index (χ4n) is 2.25. The fourth-order valence-corrected chi connectivity index (χ4v) is 2.25. The van der Waals surface area contributed by atoms with Gasteiger partial charge in [0, 0.05) is 12.1 Å². The number of hydrogen-bond donors (Lipinski definition) is 1. The highest BCUT2D eigenvalue weighted by molar-refractivity contribution is 5.73. The average molecular weight is 311 g/mol. The Balaban J connectivity index is 2.69. The van der Waals surface area contributed by atoms with Crippen LogP contribution in [0.4, 0.5) is 18.9 Å². The molecular weight excluding hydrogens is 299 g/mol. The molecule has 0 spiro atoms. The molecule has 0 amide bonds. The molecule has 0 saturated carbocycles. The minimum Gasteiger partial charge on any atom is -0.508 e. The first-order valence-electron chi connectivity index (χ1n) is 6.42. The largest absolute Gasteiger partial charge is 0.508 e. The molecule has 0 atom stereocenters. The van der Waals surface area contributed by atoms with E-state index in [4.69, 9.17) is 0 Å². The number of hydrogen-bond acceptors (Lipinski definition) is 3. The van der Waals surface area contributed by atoms with Crippen LogP contribution in [0, 0.1) is 10.1 Å². The summed E-state index contributed by atoms with van der Waals surface area (Å²) in [5.74, 6) is -0.490. The molecule has 2 aromatic rings. The number of nitrogens with zero attached hydrogens (tertiary/aromatic N) is 1. The third-order valence-corrected chi connectivity index (χ3v) is 3.28. The Morgan fingerprint density at radius 3 is 2.32 bits per heavy atom. The first kappa shape index (κ1) is 15.8. The second-order valence-corrected chi connectivity index (χ2v) is 4.68. The van der Waals surface area contributed by atoms with Crippen LogP contribution in [0.5, 0.6) is 5.75 Å². The number of non-ortho nitro benzene ring substituents is 1. The van der Waals surface area contributed by atoms with Crippen molar-refractivity contribution in [3.05, 3.63) is 57.6 Å². The molecule has 7 heteroatoms. The third kappa shape index (κ3) is 3.03. The molecule has 4 nitrogen and oxygen atoms in total. The van der Waals surface area contributed by atoms with E-state index in [1.807, 2.05) is 0 Å². The molecule has 2 aromatic carbocycles. The van der Waals surface area contributed by atoms with Crippen molar-refractivity contribution in [3.63, 3.8) is 0 Å². The minimum atomic E-state index is -4.64. The molecule has 0 aliphatic carbocycles. The Bertz CT molecular complexity index is 726. The second-order valence-electron chi connectivity index (χ2n) is 4.68. The van der Waals surface area contributed by atoms with E-state index in [2.05, 4.69) is 0 Å². The molecule has 0 aliphatic rings. The number of aromatic hydroxyl groups is 1. The van der Waals surface area contributed by atoms with Crippen molar-refractivity contribution in [1.82, 2.24) is 0 Å². The summed E-state index contributed by atoms with van der Waals surface area (Å²) in [5.41, 5.74) is -0.563. The molecule has 1 N–H and O–H groups in total. The average Bonchev–Trinajstić information content (AvgIpc) is 2.45. The van der Waals surface area contributed by atoms with Gasteiger partial charge < -0.3 is 5.11 Å². The molecule has 2 rings (SSSR count). The van der Waals surface area contributed by atoms with Gasteiger partial charge in [-0.15, -0.1) is 0 Å². The monoisotopic (exact) mass is 311 g/mol. The summed E-state index contributed by atoms with van der Waals surface area (Å²) in [7, 11) is 0. The first-order chi connectivity index (χ1) is 10.2. The van der Waals surface area contributed by atoms with Gasteiger partial charge in [-0.1, -0.05) is 13.0 Å². The van der Waals surface area contributed by atoms with Crippen LogP contribution < -0.4 is 0 Å². The summed E-state index contributed by atoms with van der Waals surface area (Å²) >= 11 is 0. The second kappa shape index (κ2) is 5.67. The van der Waals surface area contributed by atoms with Gasteiger partial charge in [0.05, 0.1) is 10.5 Å². The Morgan fingerprint density at radius 1 is 1.14 bits per heavy atom. The van der Waals surface area contributed by atoms with Gasteiger partial charge in [-0.05, 0) is 41.3 Å². The number of benzene rings is 2. The van der Waals surface area contributed by atoms with Crippen LogP contribution >= 0.6 is 0 Å². The van der Waals surface area contributed by atoms with Crippen molar-refractivity contribution >= 4 is 5.69 Å². The number of aryl methyl sites for hydroxylation is 1. The number of phenolic OH excluding ortho intramolecular Hbond substituents is 1. The predicted molar refractivity (Wildman–Crippen MR) is 74.6 cm³/mol. The fraction of sp³-hybridized carbons (Fsp3) is 0.200. The summed E-state index contributed by atoms with van der Waals surface area (Å²) in [6.45, 7) is 1.70. The van der Waals surface area contributed by atoms with Crippen LogP contribution in [0.25, 0.3) is 11.1 Å². The number of nitro groups is 1. The van der Waals surface area contributed by atoms with Gasteiger partial charge in [-0.2, -0.15) is 13.2 Å². The smallest absolute Gasteiger partial charge is 0.417 e. The van der Waals surface area contributed by atoms with Crippen molar-refractivity contribution in [2.24, 2.45) is 0 Å². The molecule has 22 heavy (non-hydrogen) atoms. The van der Waals surface area contributed by atoms with E-state index in [1.165, 1.54) is 24.3 Å². The van der Waals surface area contributed by atoms with Gasteiger partial charge in [0.25, 0.3) is 5.69 Å². The molecular formula is C15H12F3NO3. The Hall–Kier alpha value is -2.57. The molecule has 0 bridgehead atoms. The highest BCUT2D eigenvalue weighted by Gasteiger charge is 2.34. The van der Waals surface area contributed by atoms with Gasteiger partial charge in [0.2, 0.25) is 0 Å². The maximum absolute atomic E-state index is 13.1. The van der Waals surface area contributed by atoms with Crippen molar-refractivity contribution < 1.29 is 23.2 Å². The maximum Gasteiger partial charge on any atom is 0.417 e. The normalized spacial score (nSPS) is 11.5. The highest BCUT2D eigenvalue weighted by atomic mass is 19.4. The summed E-state index contributed by atoms with van der Waals surface area (Å²) in [5, 5.41) is 20.1. The number of phenols is 1. The van der Waals surface area contributed by atoms with Gasteiger partial charge in [-0.25, -0.2) is 0 Å². The summed E-state index contributed by atoms with van der Waals surface area (Å²) in [4.78, 5) is 10.2. The number of rotatable bonds is 3. The lowest BCUT2D eigenvalue weighted by Gasteiger charge is -2.15. The van der Waals surface area contributed by atoms with Crippen molar-refractivity contribution in [2.45, 2.75) is 19.5 Å². The van der Waals surface area contributed by atoms with Crippen LogP contribution in [0.2, 0.25) is 0 Å². The quantitative estimate of drug-likeness (QED) is 0.668. The van der Waals surface area contributed by atoms with Crippen LogP contribution in [0.15, 0.2) is 36.4 Å². The van der Waals surface area contributed by atoms with Gasteiger partial charge >= 0.3 is 6.18 Å². The first-order valence-corrected chi connectivity index (χ1v) is 6.42. The number of halogens is 3. The lowest BCUT2D eigenvalue weighted by Crippen LogP contribution is -2.07. The van der Waals surface area contributed by atoms with E-state index in [0.717, 1.165) is 6.07 Å². The van der Waals surface area contributed by atoms with Gasteiger partial charge in [0.1, 0.15) is 5.75 Å². The van der Waals surface area contributed by atoms with E-state index in [-0.39, 0.29) is 16.8 Å². The predicted octanol–water partition coefficient (Wildman–Crippen LogP) is 4.55. The third-order valence-electron chi connectivity index (χ3n) is 3.28. The van der Waals surface area contributed by atoms with E-state index >= 15 is 0 Å². The van der Waals surface area contributed by atoms with Crippen molar-refractivity contribution in [2.75, 3.05) is 0 Å². The van der Waals surface area contributed by atoms with Gasteiger partial charge in [0.15, 0.2) is 0 Å². The topological polar surface area (TPSA) is 63.4 Å². The maximum atomic E-state index is 13.1. The zero-order valence-electron chi connectivity index (χ0n) is 11.5. The van der Waals surface area contributed by atoms with E-state index < -0.39 is 22.4 Å². The lowest BCUT2D eigenvalue weighted by molar-refractivity contribution is -0.384. The SMILES string of the molecule is CCc1cc([N+](=O)[O-])ccc1-c1ccc(O)cc1C(F)(F)F. The molecule has 116 valence electrons. The van der Waals surface area contributed by atoms with Crippen LogP contribution in [-0.2, 0) is 12.6 Å². The Kier molecular flexibility index (Phi) is 4.07.